The highest BCUT2D eigenvalue weighted by Crippen LogP contribution is 2.29. The molecule has 10 nitrogen and oxygen atoms in total. The van der Waals surface area contributed by atoms with Crippen LogP contribution in [0.3, 0.4) is 0 Å². The fourth-order valence-electron chi connectivity index (χ4n) is 4.94. The molecule has 0 bridgehead atoms. The SMILES string of the molecule is Cc1ccc(S(=O)(=O)Nc2cccc3ccc(-c4ccc5cccc(NS(=O)(=O)c6ccc(C)cc6)c5[n+]4[O-])[n+]([O-])c23)cc1. The average molecular weight is 627 g/mol. The second-order valence-electron chi connectivity index (χ2n) is 10.3. The largest absolute Gasteiger partial charge is 0.618 e. The minimum Gasteiger partial charge on any atom is -0.618 e. The van der Waals surface area contributed by atoms with Gasteiger partial charge in [0.1, 0.15) is 11.4 Å². The standard InChI is InChI=1S/C32H26N4O6S2/c1-21-9-15-25(16-10-21)43(39,40)33-27-7-3-5-23-13-19-29(35(37)31(23)27)30-20-14-24-6-4-8-28(32(24)36(30)38)34-44(41,42)26-17-11-22(2)12-18-26/h3-20,33-34H,1-2H3. The summed E-state index contributed by atoms with van der Waals surface area (Å²) in [5.41, 5.74) is 1.74. The molecule has 4 aromatic carbocycles. The molecule has 0 unspecified atom stereocenters. The minimum atomic E-state index is -4.04. The Morgan fingerprint density at radius 3 is 1.23 bits per heavy atom. The van der Waals surface area contributed by atoms with E-state index in [0.29, 0.717) is 20.2 Å². The minimum absolute atomic E-state index is 0.00847. The molecule has 0 saturated carbocycles. The smallest absolute Gasteiger partial charge is 0.290 e. The van der Waals surface area contributed by atoms with Gasteiger partial charge in [0.2, 0.25) is 11.0 Å². The van der Waals surface area contributed by atoms with Crippen molar-refractivity contribution in [3.63, 3.8) is 0 Å². The Morgan fingerprint density at radius 1 is 0.500 bits per heavy atom. The van der Waals surface area contributed by atoms with Crippen LogP contribution in [0, 0.1) is 24.3 Å². The highest BCUT2D eigenvalue weighted by molar-refractivity contribution is 7.93. The summed E-state index contributed by atoms with van der Waals surface area (Å²) in [5.74, 6) is 0. The lowest BCUT2D eigenvalue weighted by Gasteiger charge is -2.14. The normalized spacial score (nSPS) is 12.0. The van der Waals surface area contributed by atoms with Gasteiger partial charge in [-0.25, -0.2) is 16.8 Å². The molecule has 0 aliphatic rings. The Kier molecular flexibility index (Phi) is 7.10. The van der Waals surface area contributed by atoms with E-state index in [0.717, 1.165) is 11.1 Å². The quantitative estimate of drug-likeness (QED) is 0.185. The first-order chi connectivity index (χ1) is 20.9. The van der Waals surface area contributed by atoms with Crippen molar-refractivity contribution in [1.29, 1.82) is 0 Å². The van der Waals surface area contributed by atoms with Crippen molar-refractivity contribution in [2.45, 2.75) is 23.6 Å². The Bertz CT molecular complexity index is 2130. The maximum Gasteiger partial charge on any atom is 0.290 e. The van der Waals surface area contributed by atoms with E-state index in [2.05, 4.69) is 9.44 Å². The number of nitrogens with zero attached hydrogens (tertiary/aromatic N) is 2. The van der Waals surface area contributed by atoms with Gasteiger partial charge in [-0.2, -0.15) is 9.46 Å². The summed E-state index contributed by atoms with van der Waals surface area (Å²) in [6, 6.07) is 28.2. The predicted octanol–water partition coefficient (Wildman–Crippen LogP) is 5.15. The van der Waals surface area contributed by atoms with Crippen LogP contribution in [0.4, 0.5) is 11.4 Å². The summed E-state index contributed by atoms with van der Waals surface area (Å²) in [6.07, 6.45) is 0. The zero-order chi connectivity index (χ0) is 31.2. The van der Waals surface area contributed by atoms with Crippen molar-refractivity contribution in [2.24, 2.45) is 0 Å². The number of para-hydroxylation sites is 2. The summed E-state index contributed by atoms with van der Waals surface area (Å²) in [5, 5.41) is 28.6. The van der Waals surface area contributed by atoms with E-state index in [1.54, 1.807) is 60.7 Å². The molecule has 0 aliphatic heterocycles. The molecule has 0 radical (unpaired) electrons. The Balaban J connectivity index is 1.46. The highest BCUT2D eigenvalue weighted by atomic mass is 32.2. The van der Waals surface area contributed by atoms with Gasteiger partial charge < -0.3 is 10.4 Å². The summed E-state index contributed by atoms with van der Waals surface area (Å²) in [4.78, 5) is 0.0579. The first-order valence-electron chi connectivity index (χ1n) is 13.4. The number of hydrogen-bond donors (Lipinski definition) is 2. The lowest BCUT2D eigenvalue weighted by atomic mass is 10.1. The van der Waals surface area contributed by atoms with E-state index in [9.17, 15) is 27.3 Å². The third kappa shape index (κ3) is 5.25. The van der Waals surface area contributed by atoms with Crippen molar-refractivity contribution in [3.05, 3.63) is 131 Å². The molecule has 222 valence electrons. The van der Waals surface area contributed by atoms with E-state index in [1.165, 1.54) is 48.5 Å². The molecule has 6 aromatic rings. The predicted molar refractivity (Wildman–Crippen MR) is 169 cm³/mol. The number of aryl methyl sites for hydroxylation is 2. The van der Waals surface area contributed by atoms with Gasteiger partial charge >= 0.3 is 0 Å². The molecule has 12 heteroatoms. The molecule has 0 spiro atoms. The van der Waals surface area contributed by atoms with Gasteiger partial charge in [-0.3, -0.25) is 9.44 Å². The molecule has 2 heterocycles. The fourth-order valence-corrected chi connectivity index (χ4v) is 7.08. The average Bonchev–Trinajstić information content (AvgIpc) is 2.98. The lowest BCUT2D eigenvalue weighted by molar-refractivity contribution is -0.597. The van der Waals surface area contributed by atoms with Crippen LogP contribution in [0.1, 0.15) is 11.1 Å². The van der Waals surface area contributed by atoms with Crippen LogP contribution >= 0.6 is 0 Å². The molecule has 0 atom stereocenters. The number of hydrogen-bond acceptors (Lipinski definition) is 6. The number of anilines is 2. The number of rotatable bonds is 7. The molecule has 0 aliphatic carbocycles. The van der Waals surface area contributed by atoms with Crippen LogP contribution in [-0.2, 0) is 20.0 Å². The zero-order valence-electron chi connectivity index (χ0n) is 23.6. The fraction of sp³-hybridized carbons (Fsp3) is 0.0625. The third-order valence-electron chi connectivity index (χ3n) is 7.23. The van der Waals surface area contributed by atoms with Crippen molar-refractivity contribution >= 4 is 53.2 Å². The number of benzene rings is 4. The number of pyridine rings is 2. The van der Waals surface area contributed by atoms with Gasteiger partial charge in [0.25, 0.3) is 31.4 Å². The van der Waals surface area contributed by atoms with Gasteiger partial charge in [0, 0.05) is 22.9 Å². The third-order valence-corrected chi connectivity index (χ3v) is 10.00. The van der Waals surface area contributed by atoms with Crippen molar-refractivity contribution in [2.75, 3.05) is 9.44 Å². The van der Waals surface area contributed by atoms with Gasteiger partial charge in [0.05, 0.1) is 9.79 Å². The van der Waals surface area contributed by atoms with Crippen molar-refractivity contribution in [3.8, 4) is 11.4 Å². The second-order valence-corrected chi connectivity index (χ2v) is 13.7. The molecule has 0 amide bonds. The molecule has 44 heavy (non-hydrogen) atoms. The number of aromatic nitrogens is 2. The second kappa shape index (κ2) is 10.8. The van der Waals surface area contributed by atoms with E-state index in [1.807, 2.05) is 13.8 Å². The monoisotopic (exact) mass is 626 g/mol. The molecular formula is C32H26N4O6S2. The highest BCUT2D eigenvalue weighted by Gasteiger charge is 2.27. The molecule has 6 rings (SSSR count). The van der Waals surface area contributed by atoms with Gasteiger partial charge in [-0.15, -0.1) is 0 Å². The topological polar surface area (TPSA) is 146 Å². The van der Waals surface area contributed by atoms with Crippen LogP contribution in [0.2, 0.25) is 0 Å². The Hall–Kier alpha value is -5.20. The maximum absolute atomic E-state index is 13.8. The van der Waals surface area contributed by atoms with Gasteiger partial charge in [-0.05, 0) is 74.5 Å². The molecule has 2 N–H and O–H groups in total. The van der Waals surface area contributed by atoms with Crippen LogP contribution in [0.15, 0.2) is 119 Å². The summed E-state index contributed by atoms with van der Waals surface area (Å²) in [6.45, 7) is 3.68. The summed E-state index contributed by atoms with van der Waals surface area (Å²) in [7, 11) is -8.07. The molecular weight excluding hydrogens is 601 g/mol. The van der Waals surface area contributed by atoms with Gasteiger partial charge in [0.15, 0.2) is 0 Å². The van der Waals surface area contributed by atoms with E-state index in [-0.39, 0.29) is 43.6 Å². The summed E-state index contributed by atoms with van der Waals surface area (Å²) < 4.78 is 58.6. The zero-order valence-corrected chi connectivity index (χ0v) is 25.2. The number of sulfonamides is 2. The van der Waals surface area contributed by atoms with E-state index < -0.39 is 20.0 Å². The van der Waals surface area contributed by atoms with Crippen LogP contribution in [0.5, 0.6) is 0 Å². The van der Waals surface area contributed by atoms with Gasteiger partial charge in [-0.1, -0.05) is 47.5 Å². The van der Waals surface area contributed by atoms with E-state index in [4.69, 9.17) is 0 Å². The van der Waals surface area contributed by atoms with Crippen LogP contribution < -0.4 is 18.9 Å². The Labute approximate surface area is 254 Å². The maximum atomic E-state index is 13.8. The van der Waals surface area contributed by atoms with Crippen LogP contribution in [-0.4, -0.2) is 16.8 Å². The summed E-state index contributed by atoms with van der Waals surface area (Å²) >= 11 is 0. The Morgan fingerprint density at radius 2 is 0.864 bits per heavy atom. The number of nitrogens with one attached hydrogen (secondary N) is 2. The molecule has 0 saturated heterocycles. The first kappa shape index (κ1) is 28.9. The lowest BCUT2D eigenvalue weighted by Crippen LogP contribution is -2.38. The van der Waals surface area contributed by atoms with Crippen molar-refractivity contribution in [1.82, 2.24) is 0 Å². The molecule has 0 fully saturated rings. The van der Waals surface area contributed by atoms with Crippen molar-refractivity contribution < 1.29 is 26.3 Å². The molecule has 2 aromatic heterocycles. The first-order valence-corrected chi connectivity index (χ1v) is 16.4. The number of fused-ring (bicyclic) bond motifs is 2. The van der Waals surface area contributed by atoms with Crippen LogP contribution in [0.25, 0.3) is 33.2 Å². The van der Waals surface area contributed by atoms with E-state index >= 15 is 0 Å².